The lowest BCUT2D eigenvalue weighted by molar-refractivity contribution is -0.267. The second kappa shape index (κ2) is 29.9. The van der Waals surface area contributed by atoms with Crippen LogP contribution in [0, 0.1) is 29.6 Å². The molecule has 3 rings (SSSR count). The van der Waals surface area contributed by atoms with Crippen LogP contribution in [-0.2, 0) is 81.0 Å². The molecule has 0 radical (unpaired) electrons. The predicted molar refractivity (Wildman–Crippen MR) is 277 cm³/mol. The number of hydrogen-bond donors (Lipinski definition) is 1. The van der Waals surface area contributed by atoms with E-state index >= 15 is 0 Å². The van der Waals surface area contributed by atoms with E-state index in [1.165, 1.54) is 41.5 Å². The third-order valence-corrected chi connectivity index (χ3v) is 14.8. The molecule has 19 heteroatoms. The normalized spacial score (nSPS) is 33.4. The largest absolute Gasteiger partial charge is 0.462 e. The number of nitrogens with zero attached hydrogens (tertiary/aromatic N) is 1. The maximum atomic E-state index is 14.6. The Kier molecular flexibility index (Phi) is 25.5. The van der Waals surface area contributed by atoms with Crippen molar-refractivity contribution in [2.45, 2.75) is 235 Å². The fraction of sp³-hybridized carbons (Fsp3) is 0.737. The van der Waals surface area contributed by atoms with Gasteiger partial charge in [0.2, 0.25) is 5.79 Å². The number of aliphatic hydroxyl groups is 1. The van der Waals surface area contributed by atoms with E-state index in [0.29, 0.717) is 36.8 Å². The number of rotatable bonds is 10. The topological polar surface area (TPSA) is 251 Å². The molecule has 19 nitrogen and oxygen atoms in total. The molecule has 3 heterocycles. The highest BCUT2D eigenvalue weighted by Gasteiger charge is 2.53. The Bertz CT molecular complexity index is 2160. The molecule has 15 unspecified atom stereocenters. The third kappa shape index (κ3) is 19.5. The summed E-state index contributed by atoms with van der Waals surface area (Å²) in [4.78, 5) is 120. The summed E-state index contributed by atoms with van der Waals surface area (Å²) in [5.74, 6) is -12.1. The molecule has 0 saturated carbocycles. The van der Waals surface area contributed by atoms with Crippen molar-refractivity contribution in [1.82, 2.24) is 4.90 Å². The van der Waals surface area contributed by atoms with Gasteiger partial charge in [-0.15, -0.1) is 0 Å². The summed E-state index contributed by atoms with van der Waals surface area (Å²) >= 11 is 0. The first kappa shape index (κ1) is 64.9. The smallest absolute Gasteiger partial charge is 0.329 e. The molecule has 0 aliphatic carbocycles. The summed E-state index contributed by atoms with van der Waals surface area (Å²) in [5.41, 5.74) is 1.97. The van der Waals surface area contributed by atoms with Gasteiger partial charge in [-0.2, -0.15) is 0 Å². The average molecular weight is 1070 g/mol. The SMILES string of the molecule is CC/C1=C\CC(/C(C)=C/C(C)C(C)OC(C)=O)OC(=O)C2CCCCN2C(=O)C(=O)C2(O)OC(CCC2C)CC(OC(C)=O)C(C)C(OC(C)=O)CC(OC(C)=O)CC(OC(C)=O)/C(C)=C/C(C)CC(C)C1OC(C)=O. The van der Waals surface area contributed by atoms with Gasteiger partial charge in [-0.1, -0.05) is 59.8 Å². The van der Waals surface area contributed by atoms with E-state index < -0.39 is 126 Å². The molecule has 0 aromatic rings. The van der Waals surface area contributed by atoms with Crippen LogP contribution >= 0.6 is 0 Å². The molecule has 0 spiro atoms. The van der Waals surface area contributed by atoms with Gasteiger partial charge in [0.25, 0.3) is 11.7 Å². The predicted octanol–water partition coefficient (Wildman–Crippen LogP) is 7.70. The van der Waals surface area contributed by atoms with Crippen molar-refractivity contribution in [3.8, 4) is 0 Å². The lowest BCUT2D eigenvalue weighted by atomic mass is 9.83. The zero-order valence-electron chi connectivity index (χ0n) is 47.6. The van der Waals surface area contributed by atoms with Crippen LogP contribution in [0.5, 0.6) is 0 Å². The van der Waals surface area contributed by atoms with E-state index in [4.69, 9.17) is 37.9 Å². The third-order valence-electron chi connectivity index (χ3n) is 14.8. The molecule has 1 N–H and O–H groups in total. The number of cyclic esters (lactones) is 1. The van der Waals surface area contributed by atoms with Crippen molar-refractivity contribution in [3.05, 3.63) is 34.9 Å². The number of esters is 7. The number of amides is 1. The van der Waals surface area contributed by atoms with Crippen LogP contribution in [-0.4, -0.2) is 131 Å². The lowest BCUT2D eigenvalue weighted by Crippen LogP contribution is -2.61. The van der Waals surface area contributed by atoms with Crippen LogP contribution < -0.4 is 0 Å². The maximum absolute atomic E-state index is 14.6. The molecule has 1 amide bonds. The number of carbonyl (C=O) groups is 9. The fourth-order valence-corrected chi connectivity index (χ4v) is 10.7. The van der Waals surface area contributed by atoms with Gasteiger partial charge < -0.3 is 47.9 Å². The Labute approximate surface area is 449 Å². The summed E-state index contributed by atoms with van der Waals surface area (Å²) in [5, 5.41) is 12.2. The minimum atomic E-state index is -2.67. The summed E-state index contributed by atoms with van der Waals surface area (Å²) in [7, 11) is 0. The zero-order chi connectivity index (χ0) is 57.4. The van der Waals surface area contributed by atoms with E-state index in [1.54, 1.807) is 34.6 Å². The number of allylic oxidation sites excluding steroid dienone is 1. The average Bonchev–Trinajstić information content (AvgIpc) is 3.31. The standard InChI is InChI=1S/C57H87NO18/c1-16-45-21-23-49(34(5)27-32(3)38(9)69-39(10)59)75-56(67)48-19-17-18-24-58(48)55(66)54(65)57(68)36(7)20-22-46(76-57)28-51(72-42(13)62)37(8)52(73-43(14)63)30-47(70-40(11)60)29-50(71-41(12)61)33(4)25-31(2)26-35(6)53(45)74-44(15)64/h21,25,27,31-32,35-38,46-53,68H,16-20,22-24,26,28-30H2,1-15H3/b33-25+,34-27+,45-21+. The van der Waals surface area contributed by atoms with Gasteiger partial charge in [-0.25, -0.2) is 4.79 Å². The van der Waals surface area contributed by atoms with Gasteiger partial charge >= 0.3 is 41.8 Å². The first-order valence-electron chi connectivity index (χ1n) is 27.0. The molecule has 2 bridgehead atoms. The fourth-order valence-electron chi connectivity index (χ4n) is 10.7. The van der Waals surface area contributed by atoms with E-state index in [9.17, 15) is 48.3 Å². The van der Waals surface area contributed by atoms with Gasteiger partial charge in [0.1, 0.15) is 48.8 Å². The van der Waals surface area contributed by atoms with Crippen molar-refractivity contribution in [2.75, 3.05) is 6.54 Å². The van der Waals surface area contributed by atoms with Crippen LogP contribution in [0.15, 0.2) is 34.9 Å². The maximum Gasteiger partial charge on any atom is 0.329 e. The summed E-state index contributed by atoms with van der Waals surface area (Å²) in [6.07, 6.45) is 0.655. The Balaban J connectivity index is 2.31. The Morgan fingerprint density at radius 2 is 1.36 bits per heavy atom. The molecule has 15 atom stereocenters. The van der Waals surface area contributed by atoms with E-state index in [-0.39, 0.29) is 69.2 Å². The van der Waals surface area contributed by atoms with Crippen LogP contribution in [0.25, 0.3) is 0 Å². The van der Waals surface area contributed by atoms with Gasteiger partial charge in [0.05, 0.1) is 6.10 Å². The molecular weight excluding hydrogens is 987 g/mol. The molecular formula is C57H87NO18. The Morgan fingerprint density at radius 1 is 0.763 bits per heavy atom. The number of ether oxygens (including phenoxy) is 8. The Hall–Kier alpha value is -5.43. The van der Waals surface area contributed by atoms with Crippen molar-refractivity contribution in [3.63, 3.8) is 0 Å². The summed E-state index contributed by atoms with van der Waals surface area (Å²) in [6.45, 7) is 23.7. The van der Waals surface area contributed by atoms with Crippen molar-refractivity contribution in [1.29, 1.82) is 0 Å². The number of hydrogen-bond acceptors (Lipinski definition) is 18. The first-order chi connectivity index (χ1) is 35.5. The van der Waals surface area contributed by atoms with Gasteiger partial charge in [-0.05, 0) is 94.3 Å². The van der Waals surface area contributed by atoms with Gasteiger partial charge in [0.15, 0.2) is 0 Å². The first-order valence-corrected chi connectivity index (χ1v) is 27.0. The van der Waals surface area contributed by atoms with E-state index in [1.807, 2.05) is 45.9 Å². The number of fused-ring (bicyclic) bond motifs is 3. The summed E-state index contributed by atoms with van der Waals surface area (Å²) in [6, 6.07) is -1.22. The monoisotopic (exact) mass is 1070 g/mol. The minimum absolute atomic E-state index is 0.00314. The number of piperidine rings is 1. The zero-order valence-corrected chi connectivity index (χ0v) is 47.6. The number of carbonyl (C=O) groups excluding carboxylic acids is 9. The number of Topliss-reactive ketones (excluding diaryl/α,β-unsaturated/α-hetero) is 1. The molecule has 0 aromatic carbocycles. The van der Waals surface area contributed by atoms with Crippen LogP contribution in [0.2, 0.25) is 0 Å². The van der Waals surface area contributed by atoms with Crippen LogP contribution in [0.1, 0.15) is 174 Å². The Morgan fingerprint density at radius 3 is 1.92 bits per heavy atom. The highest BCUT2D eigenvalue weighted by molar-refractivity contribution is 6.39. The van der Waals surface area contributed by atoms with Gasteiger partial charge in [-0.3, -0.25) is 38.4 Å². The molecule has 3 aliphatic rings. The molecule has 0 aromatic heterocycles. The second-order valence-electron chi connectivity index (χ2n) is 21.5. The quantitative estimate of drug-likeness (QED) is 0.0952. The van der Waals surface area contributed by atoms with Gasteiger partial charge in [0, 0.05) is 91.5 Å². The molecule has 3 aliphatic heterocycles. The highest BCUT2D eigenvalue weighted by Crippen LogP contribution is 2.38. The van der Waals surface area contributed by atoms with Crippen LogP contribution in [0.3, 0.4) is 0 Å². The van der Waals surface area contributed by atoms with E-state index in [0.717, 1.165) is 10.5 Å². The highest BCUT2D eigenvalue weighted by atomic mass is 16.6. The molecule has 428 valence electrons. The van der Waals surface area contributed by atoms with Crippen molar-refractivity contribution in [2.24, 2.45) is 29.6 Å². The molecule has 2 saturated heterocycles. The number of ketones is 1. The van der Waals surface area contributed by atoms with Crippen LogP contribution in [0.4, 0.5) is 0 Å². The summed E-state index contributed by atoms with van der Waals surface area (Å²) < 4.78 is 47.4. The van der Waals surface area contributed by atoms with E-state index in [2.05, 4.69) is 0 Å². The minimum Gasteiger partial charge on any atom is -0.462 e. The van der Waals surface area contributed by atoms with Crippen molar-refractivity contribution < 1.29 is 86.2 Å². The van der Waals surface area contributed by atoms with Crippen molar-refractivity contribution >= 4 is 53.5 Å². The molecule has 2 fully saturated rings. The lowest BCUT2D eigenvalue weighted by Gasteiger charge is -2.43. The second-order valence-corrected chi connectivity index (χ2v) is 21.5. The molecule has 76 heavy (non-hydrogen) atoms.